The summed E-state index contributed by atoms with van der Waals surface area (Å²) in [6.07, 6.45) is 0. The summed E-state index contributed by atoms with van der Waals surface area (Å²) in [6.45, 7) is 8.68. The zero-order chi connectivity index (χ0) is 10.6. The molecule has 0 aliphatic rings. The largest absolute Gasteiger partial charge is 0.397 e. The van der Waals surface area contributed by atoms with Crippen LogP contribution in [0.5, 0.6) is 0 Å². The number of nitrogens with zero attached hydrogens (tertiary/aromatic N) is 1. The molecule has 1 rings (SSSR count). The van der Waals surface area contributed by atoms with E-state index in [-0.39, 0.29) is 0 Å². The van der Waals surface area contributed by atoms with Crippen LogP contribution in [0.2, 0.25) is 0 Å². The minimum atomic E-state index is 0.662. The highest BCUT2D eigenvalue weighted by molar-refractivity contribution is 5.67. The number of hydrogen-bond donors (Lipinski definition) is 1. The van der Waals surface area contributed by atoms with E-state index < -0.39 is 0 Å². The van der Waals surface area contributed by atoms with Gasteiger partial charge in [0.15, 0.2) is 0 Å². The van der Waals surface area contributed by atoms with E-state index in [0.29, 0.717) is 5.92 Å². The molecular weight excluding hydrogens is 172 g/mol. The van der Waals surface area contributed by atoms with Crippen LogP contribution in [0.25, 0.3) is 0 Å². The minimum absolute atomic E-state index is 0.662. The maximum atomic E-state index is 5.93. The zero-order valence-electron chi connectivity index (χ0n) is 9.33. The maximum absolute atomic E-state index is 5.93. The van der Waals surface area contributed by atoms with Crippen LogP contribution in [-0.4, -0.2) is 13.1 Å². The van der Waals surface area contributed by atoms with Gasteiger partial charge < -0.3 is 10.6 Å². The molecule has 0 spiro atoms. The molecule has 0 radical (unpaired) electrons. The molecule has 0 amide bonds. The molecule has 0 aliphatic carbocycles. The third kappa shape index (κ3) is 2.66. The summed E-state index contributed by atoms with van der Waals surface area (Å²) >= 11 is 0. The van der Waals surface area contributed by atoms with Crippen LogP contribution in [0.3, 0.4) is 0 Å². The zero-order valence-corrected chi connectivity index (χ0v) is 9.33. The Hall–Kier alpha value is -1.18. The first kappa shape index (κ1) is 10.9. The number of anilines is 2. The van der Waals surface area contributed by atoms with Crippen molar-refractivity contribution in [3.05, 3.63) is 24.3 Å². The summed E-state index contributed by atoms with van der Waals surface area (Å²) in [5.41, 5.74) is 7.96. The first-order chi connectivity index (χ1) is 6.65. The second kappa shape index (κ2) is 4.89. The molecule has 0 aliphatic heterocycles. The van der Waals surface area contributed by atoms with Crippen molar-refractivity contribution in [1.29, 1.82) is 0 Å². The quantitative estimate of drug-likeness (QED) is 0.743. The molecule has 0 aromatic heterocycles. The molecule has 1 aromatic carbocycles. The van der Waals surface area contributed by atoms with Crippen molar-refractivity contribution in [2.75, 3.05) is 23.7 Å². The van der Waals surface area contributed by atoms with Crippen molar-refractivity contribution < 1.29 is 0 Å². The van der Waals surface area contributed by atoms with Gasteiger partial charge in [-0.15, -0.1) is 0 Å². The Kier molecular flexibility index (Phi) is 3.81. The van der Waals surface area contributed by atoms with E-state index in [1.165, 1.54) is 0 Å². The van der Waals surface area contributed by atoms with E-state index in [9.17, 15) is 0 Å². The van der Waals surface area contributed by atoms with Crippen LogP contribution in [0.1, 0.15) is 20.8 Å². The summed E-state index contributed by atoms with van der Waals surface area (Å²) in [5, 5.41) is 0. The Balaban J connectivity index is 2.83. The minimum Gasteiger partial charge on any atom is -0.397 e. The van der Waals surface area contributed by atoms with Crippen LogP contribution >= 0.6 is 0 Å². The monoisotopic (exact) mass is 192 g/mol. The van der Waals surface area contributed by atoms with Gasteiger partial charge in [-0.3, -0.25) is 0 Å². The number of para-hydroxylation sites is 2. The summed E-state index contributed by atoms with van der Waals surface area (Å²) in [5.74, 6) is 0.662. The lowest BCUT2D eigenvalue weighted by Crippen LogP contribution is -2.27. The van der Waals surface area contributed by atoms with E-state index in [1.54, 1.807) is 0 Å². The van der Waals surface area contributed by atoms with E-state index in [4.69, 9.17) is 5.73 Å². The van der Waals surface area contributed by atoms with E-state index in [2.05, 4.69) is 31.7 Å². The Morgan fingerprint density at radius 3 is 2.43 bits per heavy atom. The second-order valence-corrected chi connectivity index (χ2v) is 3.99. The first-order valence-electron chi connectivity index (χ1n) is 5.24. The Morgan fingerprint density at radius 2 is 1.93 bits per heavy atom. The fourth-order valence-corrected chi connectivity index (χ4v) is 1.61. The molecular formula is C12H20N2. The predicted octanol–water partition coefficient (Wildman–Crippen LogP) is 2.75. The Morgan fingerprint density at radius 1 is 1.29 bits per heavy atom. The molecule has 14 heavy (non-hydrogen) atoms. The fourth-order valence-electron chi connectivity index (χ4n) is 1.61. The number of nitrogen functional groups attached to an aromatic ring is 1. The molecule has 0 heterocycles. The highest BCUT2D eigenvalue weighted by atomic mass is 15.1. The van der Waals surface area contributed by atoms with Crippen molar-refractivity contribution >= 4 is 11.4 Å². The lowest BCUT2D eigenvalue weighted by Gasteiger charge is -2.26. The number of benzene rings is 1. The predicted molar refractivity (Wildman–Crippen MR) is 63.6 cm³/mol. The molecule has 2 nitrogen and oxygen atoms in total. The summed E-state index contributed by atoms with van der Waals surface area (Å²) < 4.78 is 0. The molecule has 0 unspecified atom stereocenters. The van der Waals surface area contributed by atoms with Crippen LogP contribution in [0, 0.1) is 5.92 Å². The summed E-state index contributed by atoms with van der Waals surface area (Å²) in [6, 6.07) is 8.05. The van der Waals surface area contributed by atoms with Gasteiger partial charge in [0, 0.05) is 13.1 Å². The molecule has 0 fully saturated rings. The SMILES string of the molecule is CCN(CC(C)C)c1ccccc1N. The van der Waals surface area contributed by atoms with Gasteiger partial charge in [-0.2, -0.15) is 0 Å². The first-order valence-corrected chi connectivity index (χ1v) is 5.24. The van der Waals surface area contributed by atoms with Gasteiger partial charge in [0.05, 0.1) is 11.4 Å². The van der Waals surface area contributed by atoms with Crippen molar-refractivity contribution in [3.8, 4) is 0 Å². The van der Waals surface area contributed by atoms with Gasteiger partial charge in [0.2, 0.25) is 0 Å². The molecule has 2 N–H and O–H groups in total. The van der Waals surface area contributed by atoms with Crippen LogP contribution in [0.4, 0.5) is 11.4 Å². The summed E-state index contributed by atoms with van der Waals surface area (Å²) in [7, 11) is 0. The van der Waals surface area contributed by atoms with E-state index >= 15 is 0 Å². The van der Waals surface area contributed by atoms with Crippen LogP contribution < -0.4 is 10.6 Å². The lowest BCUT2D eigenvalue weighted by molar-refractivity contribution is 0.619. The topological polar surface area (TPSA) is 29.3 Å². The van der Waals surface area contributed by atoms with Gasteiger partial charge in [-0.05, 0) is 25.0 Å². The van der Waals surface area contributed by atoms with Crippen molar-refractivity contribution in [3.63, 3.8) is 0 Å². The molecule has 0 bridgehead atoms. The second-order valence-electron chi connectivity index (χ2n) is 3.99. The Labute approximate surface area is 86.7 Å². The number of nitrogens with two attached hydrogens (primary N) is 1. The maximum Gasteiger partial charge on any atom is 0.0599 e. The average molecular weight is 192 g/mol. The van der Waals surface area contributed by atoms with Gasteiger partial charge in [-0.1, -0.05) is 26.0 Å². The molecule has 0 saturated carbocycles. The van der Waals surface area contributed by atoms with Crippen molar-refractivity contribution in [2.45, 2.75) is 20.8 Å². The molecule has 0 atom stereocenters. The average Bonchev–Trinajstić information content (AvgIpc) is 2.15. The lowest BCUT2D eigenvalue weighted by atomic mass is 10.1. The van der Waals surface area contributed by atoms with Crippen LogP contribution in [0.15, 0.2) is 24.3 Å². The Bertz CT molecular complexity index is 281. The van der Waals surface area contributed by atoms with Crippen molar-refractivity contribution in [2.24, 2.45) is 5.92 Å². The van der Waals surface area contributed by atoms with E-state index in [0.717, 1.165) is 24.5 Å². The standard InChI is InChI=1S/C12H20N2/c1-4-14(9-10(2)3)12-8-6-5-7-11(12)13/h5-8,10H,4,9,13H2,1-3H3. The highest BCUT2D eigenvalue weighted by Crippen LogP contribution is 2.22. The highest BCUT2D eigenvalue weighted by Gasteiger charge is 2.08. The molecule has 2 heteroatoms. The van der Waals surface area contributed by atoms with Gasteiger partial charge in [0.25, 0.3) is 0 Å². The van der Waals surface area contributed by atoms with Gasteiger partial charge in [-0.25, -0.2) is 0 Å². The molecule has 78 valence electrons. The number of hydrogen-bond acceptors (Lipinski definition) is 2. The van der Waals surface area contributed by atoms with Crippen molar-refractivity contribution in [1.82, 2.24) is 0 Å². The third-order valence-corrected chi connectivity index (χ3v) is 2.24. The fraction of sp³-hybridized carbons (Fsp3) is 0.500. The molecule has 1 aromatic rings. The molecule has 0 saturated heterocycles. The van der Waals surface area contributed by atoms with Gasteiger partial charge in [0.1, 0.15) is 0 Å². The van der Waals surface area contributed by atoms with Gasteiger partial charge >= 0.3 is 0 Å². The number of rotatable bonds is 4. The smallest absolute Gasteiger partial charge is 0.0599 e. The summed E-state index contributed by atoms with van der Waals surface area (Å²) in [4.78, 5) is 2.32. The van der Waals surface area contributed by atoms with E-state index in [1.807, 2.05) is 18.2 Å². The normalized spacial score (nSPS) is 10.6. The van der Waals surface area contributed by atoms with Crippen LogP contribution in [-0.2, 0) is 0 Å². The third-order valence-electron chi connectivity index (χ3n) is 2.24.